The Kier molecular flexibility index (Phi) is 6.00. The second-order valence-corrected chi connectivity index (χ2v) is 9.59. The van der Waals surface area contributed by atoms with Crippen molar-refractivity contribution in [2.75, 3.05) is 7.05 Å². The van der Waals surface area contributed by atoms with Crippen molar-refractivity contribution in [2.24, 2.45) is 0 Å². The van der Waals surface area contributed by atoms with Gasteiger partial charge in [0.2, 0.25) is 10.0 Å². The van der Waals surface area contributed by atoms with Gasteiger partial charge in [0.25, 0.3) is 0 Å². The quantitative estimate of drug-likeness (QED) is 0.833. The average Bonchev–Trinajstić information content (AvgIpc) is 2.77. The van der Waals surface area contributed by atoms with Gasteiger partial charge in [0.15, 0.2) is 0 Å². The summed E-state index contributed by atoms with van der Waals surface area (Å²) in [4.78, 5) is 2.36. The molecule has 122 valence electrons. The first kappa shape index (κ1) is 18.6. The average molecular weight is 333 g/mol. The number of aryl methyl sites for hydroxylation is 1. The van der Waals surface area contributed by atoms with E-state index in [-0.39, 0.29) is 5.54 Å². The lowest BCUT2D eigenvalue weighted by atomic mass is 10.0. The number of rotatable bonds is 7. The van der Waals surface area contributed by atoms with Gasteiger partial charge in [-0.05, 0) is 33.3 Å². The Morgan fingerprint density at radius 3 is 2.43 bits per heavy atom. The van der Waals surface area contributed by atoms with Gasteiger partial charge in [-0.3, -0.25) is 0 Å². The summed E-state index contributed by atoms with van der Waals surface area (Å²) in [5.41, 5.74) is -0.385. The van der Waals surface area contributed by atoms with Crippen LogP contribution in [0.3, 0.4) is 0 Å². The molecule has 0 aliphatic carbocycles. The van der Waals surface area contributed by atoms with Crippen LogP contribution in [0.5, 0.6) is 0 Å². The molecule has 0 saturated heterocycles. The summed E-state index contributed by atoms with van der Waals surface area (Å²) in [5.74, 6) is 0. The monoisotopic (exact) mass is 332 g/mol. The first-order valence-electron chi connectivity index (χ1n) is 7.34. The van der Waals surface area contributed by atoms with Crippen molar-refractivity contribution in [2.45, 2.75) is 71.0 Å². The highest BCUT2D eigenvalue weighted by atomic mass is 32.2. The molecule has 1 aromatic heterocycles. The van der Waals surface area contributed by atoms with E-state index in [1.807, 2.05) is 33.8 Å². The van der Waals surface area contributed by atoms with E-state index in [4.69, 9.17) is 0 Å². The summed E-state index contributed by atoms with van der Waals surface area (Å²) in [6.45, 7) is 12.7. The molecule has 0 fully saturated rings. The fourth-order valence-electron chi connectivity index (χ4n) is 1.87. The topological polar surface area (TPSA) is 49.4 Å². The van der Waals surface area contributed by atoms with Crippen molar-refractivity contribution in [3.8, 4) is 0 Å². The minimum absolute atomic E-state index is 0.383. The van der Waals surface area contributed by atoms with Gasteiger partial charge in [-0.25, -0.2) is 8.42 Å². The Morgan fingerprint density at radius 2 is 1.95 bits per heavy atom. The molecule has 0 spiro atoms. The van der Waals surface area contributed by atoms with Crippen LogP contribution in [0.25, 0.3) is 0 Å². The predicted octanol–water partition coefficient (Wildman–Crippen LogP) is 3.36. The van der Waals surface area contributed by atoms with Crippen LogP contribution in [-0.4, -0.2) is 31.4 Å². The third-order valence-electron chi connectivity index (χ3n) is 3.96. The molecule has 1 heterocycles. The third-order valence-corrected chi connectivity index (χ3v) is 7.34. The minimum atomic E-state index is -3.44. The first-order valence-corrected chi connectivity index (χ1v) is 9.59. The summed E-state index contributed by atoms with van der Waals surface area (Å²) in [6, 6.07) is 2.20. The van der Waals surface area contributed by atoms with Crippen LogP contribution in [0.4, 0.5) is 0 Å². The largest absolute Gasteiger partial charge is 0.310 e. The Balaban J connectivity index is 3.09. The van der Waals surface area contributed by atoms with Gasteiger partial charge in [0, 0.05) is 34.9 Å². The highest BCUT2D eigenvalue weighted by molar-refractivity contribution is 7.89. The van der Waals surface area contributed by atoms with Crippen molar-refractivity contribution in [3.63, 3.8) is 0 Å². The SMILES string of the molecule is CCC(C)(C)N(C)S(=O)(=O)c1cc(CNC(C)C)sc1C. The Hall–Kier alpha value is -0.430. The molecule has 0 saturated carbocycles. The molecule has 0 bridgehead atoms. The van der Waals surface area contributed by atoms with E-state index in [1.165, 1.54) is 4.31 Å². The molecule has 1 aromatic rings. The van der Waals surface area contributed by atoms with Gasteiger partial charge in [0.05, 0.1) is 4.90 Å². The molecular formula is C15H28N2O2S2. The molecule has 0 radical (unpaired) electrons. The number of sulfonamides is 1. The lowest BCUT2D eigenvalue weighted by molar-refractivity contribution is 0.257. The normalized spacial score (nSPS) is 13.4. The Bertz CT molecular complexity index is 574. The molecule has 0 aliphatic rings. The second kappa shape index (κ2) is 6.77. The van der Waals surface area contributed by atoms with Crippen molar-refractivity contribution < 1.29 is 8.42 Å². The van der Waals surface area contributed by atoms with E-state index in [1.54, 1.807) is 18.4 Å². The van der Waals surface area contributed by atoms with Crippen LogP contribution in [0.2, 0.25) is 0 Å². The molecule has 0 aliphatic heterocycles. The lowest BCUT2D eigenvalue weighted by Crippen LogP contribution is -2.44. The molecule has 6 heteroatoms. The van der Waals surface area contributed by atoms with Gasteiger partial charge in [0.1, 0.15) is 0 Å². The van der Waals surface area contributed by atoms with E-state index in [2.05, 4.69) is 19.2 Å². The van der Waals surface area contributed by atoms with Crippen LogP contribution in [0.1, 0.15) is 50.8 Å². The molecule has 21 heavy (non-hydrogen) atoms. The second-order valence-electron chi connectivity index (χ2n) is 6.31. The maximum Gasteiger partial charge on any atom is 0.244 e. The van der Waals surface area contributed by atoms with Gasteiger partial charge in [-0.1, -0.05) is 20.8 Å². The first-order chi connectivity index (χ1) is 9.52. The predicted molar refractivity (Wildman–Crippen MR) is 90.4 cm³/mol. The lowest BCUT2D eigenvalue weighted by Gasteiger charge is -2.33. The third kappa shape index (κ3) is 4.28. The summed E-state index contributed by atoms with van der Waals surface area (Å²) in [5, 5.41) is 3.33. The number of thiophene rings is 1. The van der Waals surface area contributed by atoms with E-state index in [0.717, 1.165) is 16.2 Å². The Labute approximate surface area is 133 Å². The van der Waals surface area contributed by atoms with Crippen molar-refractivity contribution in [3.05, 3.63) is 15.8 Å². The zero-order valence-corrected chi connectivity index (χ0v) is 15.8. The Morgan fingerprint density at radius 1 is 1.38 bits per heavy atom. The van der Waals surface area contributed by atoms with Crippen LogP contribution in [-0.2, 0) is 16.6 Å². The number of hydrogen-bond donors (Lipinski definition) is 1. The maximum atomic E-state index is 12.8. The summed E-state index contributed by atoms with van der Waals surface area (Å²) in [7, 11) is -1.77. The summed E-state index contributed by atoms with van der Waals surface area (Å²) in [6.07, 6.45) is 0.772. The molecule has 1 rings (SSSR count). The van der Waals surface area contributed by atoms with Crippen LogP contribution in [0, 0.1) is 6.92 Å². The standard InChI is InChI=1S/C15H28N2O2S2/c1-8-15(5,6)17(7)21(18,19)14-9-13(20-12(14)4)10-16-11(2)3/h9,11,16H,8,10H2,1-7H3. The van der Waals surface area contributed by atoms with Crippen LogP contribution < -0.4 is 5.32 Å². The molecule has 0 atom stereocenters. The van der Waals surface area contributed by atoms with E-state index >= 15 is 0 Å². The van der Waals surface area contributed by atoms with Crippen LogP contribution >= 0.6 is 11.3 Å². The minimum Gasteiger partial charge on any atom is -0.310 e. The smallest absolute Gasteiger partial charge is 0.244 e. The van der Waals surface area contributed by atoms with E-state index < -0.39 is 10.0 Å². The van der Waals surface area contributed by atoms with Gasteiger partial charge in [-0.15, -0.1) is 11.3 Å². The molecule has 0 unspecified atom stereocenters. The van der Waals surface area contributed by atoms with Crippen molar-refractivity contribution in [1.29, 1.82) is 0 Å². The molecule has 4 nitrogen and oxygen atoms in total. The summed E-state index contributed by atoms with van der Waals surface area (Å²) < 4.78 is 27.1. The van der Waals surface area contributed by atoms with Crippen molar-refractivity contribution in [1.82, 2.24) is 9.62 Å². The number of nitrogens with one attached hydrogen (secondary N) is 1. The van der Waals surface area contributed by atoms with Crippen LogP contribution in [0.15, 0.2) is 11.0 Å². The highest BCUT2D eigenvalue weighted by Gasteiger charge is 2.34. The zero-order valence-electron chi connectivity index (χ0n) is 14.1. The highest BCUT2D eigenvalue weighted by Crippen LogP contribution is 2.31. The van der Waals surface area contributed by atoms with E-state index in [9.17, 15) is 8.42 Å². The fourth-order valence-corrected chi connectivity index (χ4v) is 5.00. The van der Waals surface area contributed by atoms with E-state index in [0.29, 0.717) is 17.5 Å². The molecule has 0 amide bonds. The molecule has 0 aromatic carbocycles. The van der Waals surface area contributed by atoms with Gasteiger partial charge < -0.3 is 5.32 Å². The number of hydrogen-bond acceptors (Lipinski definition) is 4. The van der Waals surface area contributed by atoms with Crippen molar-refractivity contribution >= 4 is 21.4 Å². The summed E-state index contributed by atoms with van der Waals surface area (Å²) >= 11 is 1.55. The number of nitrogens with zero attached hydrogens (tertiary/aromatic N) is 1. The molecule has 1 N–H and O–H groups in total. The fraction of sp³-hybridized carbons (Fsp3) is 0.733. The van der Waals surface area contributed by atoms with Gasteiger partial charge >= 0.3 is 0 Å². The molecular weight excluding hydrogens is 304 g/mol. The zero-order chi connectivity index (χ0) is 16.4. The van der Waals surface area contributed by atoms with Gasteiger partial charge in [-0.2, -0.15) is 4.31 Å². The maximum absolute atomic E-state index is 12.8.